The Kier molecular flexibility index (Phi) is 4.73. The van der Waals surface area contributed by atoms with Gasteiger partial charge in [-0.05, 0) is 0 Å². The average Bonchev–Trinajstić information content (AvgIpc) is 2.38. The predicted octanol–water partition coefficient (Wildman–Crippen LogP) is 0.217. The fourth-order valence-electron chi connectivity index (χ4n) is 1.60. The summed E-state index contributed by atoms with van der Waals surface area (Å²) in [6.07, 6.45) is 0.782. The Morgan fingerprint density at radius 2 is 2.35 bits per heavy atom. The number of rotatable bonds is 3. The number of amides is 2. The van der Waals surface area contributed by atoms with Gasteiger partial charge < -0.3 is 5.32 Å². The maximum absolute atomic E-state index is 11.7. The lowest BCUT2D eigenvalue weighted by Gasteiger charge is -2.21. The number of hydrazone groups is 1. The highest BCUT2D eigenvalue weighted by Crippen LogP contribution is 2.23. The number of carbonyl (C=O) groups excluding carboxylic acids is 2. The van der Waals surface area contributed by atoms with Crippen molar-refractivity contribution in [3.8, 4) is 0 Å². The van der Waals surface area contributed by atoms with E-state index in [1.165, 1.54) is 5.75 Å². The lowest BCUT2D eigenvalue weighted by atomic mass is 10.1. The summed E-state index contributed by atoms with van der Waals surface area (Å²) in [5, 5.41) is 7.15. The molecule has 2 aliphatic rings. The molecule has 7 heteroatoms. The number of hydrogen-bond donors (Lipinski definition) is 2. The molecule has 0 aliphatic carbocycles. The molecule has 2 N–H and O–H groups in total. The molecule has 2 rings (SSSR count). The van der Waals surface area contributed by atoms with E-state index in [2.05, 4.69) is 15.8 Å². The molecule has 0 aromatic heterocycles. The molecule has 1 fully saturated rings. The summed E-state index contributed by atoms with van der Waals surface area (Å²) in [5.41, 5.74) is 2.76. The third-order valence-corrected chi connectivity index (χ3v) is 5.39. The maximum Gasteiger partial charge on any atom is 0.267 e. The molecule has 0 aromatic carbocycles. The second kappa shape index (κ2) is 6.30. The van der Waals surface area contributed by atoms with E-state index in [1.807, 2.05) is 23.5 Å². The van der Waals surface area contributed by atoms with Crippen molar-refractivity contribution < 1.29 is 9.59 Å². The SMILES string of the molecule is O=C1CCC(C(=O)NCC2CSCCS2)=NN1. The minimum Gasteiger partial charge on any atom is -0.350 e. The quantitative estimate of drug-likeness (QED) is 0.771. The first-order chi connectivity index (χ1) is 8.25. The molecule has 0 spiro atoms. The summed E-state index contributed by atoms with van der Waals surface area (Å²) in [6.45, 7) is 0.684. The number of hydrogen-bond acceptors (Lipinski definition) is 5. The maximum atomic E-state index is 11.7. The smallest absolute Gasteiger partial charge is 0.267 e. The van der Waals surface area contributed by atoms with E-state index in [9.17, 15) is 9.59 Å². The van der Waals surface area contributed by atoms with Crippen molar-refractivity contribution in [2.24, 2.45) is 5.10 Å². The first kappa shape index (κ1) is 12.8. The van der Waals surface area contributed by atoms with Gasteiger partial charge in [0.05, 0.1) is 0 Å². The number of thioether (sulfide) groups is 2. The monoisotopic (exact) mass is 273 g/mol. The van der Waals surface area contributed by atoms with Crippen LogP contribution in [0.15, 0.2) is 5.10 Å². The molecule has 0 bridgehead atoms. The summed E-state index contributed by atoms with van der Waals surface area (Å²) < 4.78 is 0. The van der Waals surface area contributed by atoms with Gasteiger partial charge in [0, 0.05) is 41.9 Å². The second-order valence-electron chi connectivity index (χ2n) is 3.87. The molecule has 0 radical (unpaired) electrons. The van der Waals surface area contributed by atoms with E-state index in [0.29, 0.717) is 30.3 Å². The van der Waals surface area contributed by atoms with Gasteiger partial charge in [-0.1, -0.05) is 0 Å². The standard InChI is InChI=1S/C10H15N3O2S2/c14-9-2-1-8(12-13-9)10(15)11-5-7-6-16-3-4-17-7/h7H,1-6H2,(H,11,15)(H,13,14). The van der Waals surface area contributed by atoms with Gasteiger partial charge in [0.2, 0.25) is 5.91 Å². The normalized spacial score (nSPS) is 24.8. The third-order valence-electron chi connectivity index (χ3n) is 2.54. The van der Waals surface area contributed by atoms with Gasteiger partial charge in [-0.3, -0.25) is 9.59 Å². The fourth-order valence-corrected chi connectivity index (χ4v) is 4.21. The minimum absolute atomic E-state index is 0.124. The zero-order valence-electron chi connectivity index (χ0n) is 9.40. The van der Waals surface area contributed by atoms with Crippen molar-refractivity contribution in [3.05, 3.63) is 0 Å². The van der Waals surface area contributed by atoms with E-state index in [4.69, 9.17) is 0 Å². The molecule has 2 amide bonds. The van der Waals surface area contributed by atoms with Crippen molar-refractivity contribution in [2.45, 2.75) is 18.1 Å². The van der Waals surface area contributed by atoms with Crippen molar-refractivity contribution >= 4 is 41.0 Å². The lowest BCUT2D eigenvalue weighted by Crippen LogP contribution is -2.40. The van der Waals surface area contributed by atoms with Gasteiger partial charge in [0.15, 0.2) is 0 Å². The zero-order valence-corrected chi connectivity index (χ0v) is 11.0. The van der Waals surface area contributed by atoms with E-state index in [1.54, 1.807) is 0 Å². The molecular weight excluding hydrogens is 258 g/mol. The molecule has 94 valence electrons. The van der Waals surface area contributed by atoms with Crippen LogP contribution in [0.2, 0.25) is 0 Å². The summed E-state index contributed by atoms with van der Waals surface area (Å²) >= 11 is 3.84. The van der Waals surface area contributed by atoms with Gasteiger partial charge in [-0.25, -0.2) is 5.43 Å². The van der Waals surface area contributed by atoms with Crippen LogP contribution in [0.4, 0.5) is 0 Å². The number of carbonyl (C=O) groups is 2. The zero-order chi connectivity index (χ0) is 12.1. The summed E-state index contributed by atoms with van der Waals surface area (Å²) in [4.78, 5) is 22.6. The highest BCUT2D eigenvalue weighted by atomic mass is 32.2. The Morgan fingerprint density at radius 1 is 1.47 bits per heavy atom. The van der Waals surface area contributed by atoms with Gasteiger partial charge >= 0.3 is 0 Å². The van der Waals surface area contributed by atoms with Crippen LogP contribution in [-0.4, -0.2) is 46.6 Å². The molecule has 1 saturated heterocycles. The topological polar surface area (TPSA) is 70.6 Å². The highest BCUT2D eigenvalue weighted by Gasteiger charge is 2.20. The molecule has 2 heterocycles. The Bertz CT molecular complexity index is 340. The molecule has 0 saturated carbocycles. The van der Waals surface area contributed by atoms with Gasteiger partial charge in [0.25, 0.3) is 5.91 Å². The average molecular weight is 273 g/mol. The molecule has 5 nitrogen and oxygen atoms in total. The first-order valence-electron chi connectivity index (χ1n) is 5.58. The van der Waals surface area contributed by atoms with Crippen LogP contribution >= 0.6 is 23.5 Å². The van der Waals surface area contributed by atoms with Crippen molar-refractivity contribution in [1.29, 1.82) is 0 Å². The second-order valence-corrected chi connectivity index (χ2v) is 6.43. The third kappa shape index (κ3) is 3.92. The van der Waals surface area contributed by atoms with Crippen LogP contribution in [0.25, 0.3) is 0 Å². The molecule has 2 aliphatic heterocycles. The fraction of sp³-hybridized carbons (Fsp3) is 0.700. The van der Waals surface area contributed by atoms with Crippen LogP contribution in [0.3, 0.4) is 0 Å². The lowest BCUT2D eigenvalue weighted by molar-refractivity contribution is -0.121. The van der Waals surface area contributed by atoms with Crippen LogP contribution in [0.1, 0.15) is 12.8 Å². The molecule has 1 atom stereocenters. The summed E-state index contributed by atoms with van der Waals surface area (Å²) in [5.74, 6) is 3.17. The molecule has 17 heavy (non-hydrogen) atoms. The van der Waals surface area contributed by atoms with Crippen molar-refractivity contribution in [3.63, 3.8) is 0 Å². The number of nitrogens with zero attached hydrogens (tertiary/aromatic N) is 1. The molecular formula is C10H15N3O2S2. The largest absolute Gasteiger partial charge is 0.350 e. The minimum atomic E-state index is -0.152. The van der Waals surface area contributed by atoms with E-state index in [0.717, 1.165) is 11.5 Å². The van der Waals surface area contributed by atoms with Crippen LogP contribution in [0.5, 0.6) is 0 Å². The van der Waals surface area contributed by atoms with Gasteiger partial charge in [-0.15, -0.1) is 0 Å². The van der Waals surface area contributed by atoms with Crippen molar-refractivity contribution in [1.82, 2.24) is 10.7 Å². The van der Waals surface area contributed by atoms with E-state index in [-0.39, 0.29) is 11.8 Å². The van der Waals surface area contributed by atoms with Gasteiger partial charge in [0.1, 0.15) is 5.71 Å². The number of nitrogens with one attached hydrogen (secondary N) is 2. The Hall–Kier alpha value is -0.690. The van der Waals surface area contributed by atoms with Crippen LogP contribution in [-0.2, 0) is 9.59 Å². The molecule has 1 unspecified atom stereocenters. The van der Waals surface area contributed by atoms with Crippen LogP contribution in [0, 0.1) is 0 Å². The van der Waals surface area contributed by atoms with Crippen LogP contribution < -0.4 is 10.7 Å². The molecule has 0 aromatic rings. The highest BCUT2D eigenvalue weighted by molar-refractivity contribution is 8.06. The van der Waals surface area contributed by atoms with Gasteiger partial charge in [-0.2, -0.15) is 28.6 Å². The summed E-state index contributed by atoms with van der Waals surface area (Å²) in [7, 11) is 0. The Labute approximate surface area is 109 Å². The summed E-state index contributed by atoms with van der Waals surface area (Å²) in [6, 6.07) is 0. The first-order valence-corrected chi connectivity index (χ1v) is 7.79. The Morgan fingerprint density at radius 3 is 3.00 bits per heavy atom. The van der Waals surface area contributed by atoms with E-state index >= 15 is 0 Å². The predicted molar refractivity (Wildman–Crippen MR) is 71.4 cm³/mol. The van der Waals surface area contributed by atoms with Crippen molar-refractivity contribution in [2.75, 3.05) is 23.8 Å². The Balaban J connectivity index is 1.75. The van der Waals surface area contributed by atoms with E-state index < -0.39 is 0 Å².